The molecule has 0 spiro atoms. The van der Waals surface area contributed by atoms with Crippen molar-refractivity contribution >= 4 is 11.8 Å². The fraction of sp³-hybridized carbons (Fsp3) is 0.733. The van der Waals surface area contributed by atoms with Crippen LogP contribution in [0.2, 0.25) is 0 Å². The van der Waals surface area contributed by atoms with Crippen LogP contribution in [0, 0.1) is 11.3 Å². The summed E-state index contributed by atoms with van der Waals surface area (Å²) < 4.78 is 4.68. The molecule has 100 valence electrons. The monoisotopic (exact) mass is 250 g/mol. The molecule has 0 amide bonds. The third-order valence-electron chi connectivity index (χ3n) is 4.64. The summed E-state index contributed by atoms with van der Waals surface area (Å²) in [5, 5.41) is 0. The van der Waals surface area contributed by atoms with Gasteiger partial charge in [0, 0.05) is 12.3 Å². The number of esters is 1. The molecule has 0 radical (unpaired) electrons. The number of carbonyl (C=O) groups is 2. The van der Waals surface area contributed by atoms with Crippen molar-refractivity contribution in [3.05, 3.63) is 11.1 Å². The van der Waals surface area contributed by atoms with Gasteiger partial charge in [0.15, 0.2) is 0 Å². The molecule has 0 unspecified atom stereocenters. The number of fused-ring (bicyclic) bond motifs is 1. The second-order valence-electron chi connectivity index (χ2n) is 6.00. The molecule has 2 atom stereocenters. The van der Waals surface area contributed by atoms with Crippen molar-refractivity contribution in [2.24, 2.45) is 11.3 Å². The van der Waals surface area contributed by atoms with Gasteiger partial charge in [-0.3, -0.25) is 9.59 Å². The van der Waals surface area contributed by atoms with Crippen LogP contribution in [0.3, 0.4) is 0 Å². The maximum Gasteiger partial charge on any atom is 0.306 e. The molecule has 0 aromatic heterocycles. The number of allylic oxidation sites excluding steroid dienone is 2. The van der Waals surface area contributed by atoms with E-state index in [9.17, 15) is 9.59 Å². The maximum absolute atomic E-state index is 12.2. The fourth-order valence-electron chi connectivity index (χ4n) is 3.54. The zero-order valence-corrected chi connectivity index (χ0v) is 11.5. The summed E-state index contributed by atoms with van der Waals surface area (Å²) in [4.78, 5) is 23.5. The number of rotatable bonds is 2. The lowest BCUT2D eigenvalue weighted by Crippen LogP contribution is -2.37. The zero-order chi connectivity index (χ0) is 13.3. The first-order chi connectivity index (χ1) is 8.46. The molecule has 18 heavy (non-hydrogen) atoms. The molecule has 2 aliphatic rings. The van der Waals surface area contributed by atoms with E-state index in [-0.39, 0.29) is 29.5 Å². The number of methoxy groups -OCH3 is 1. The van der Waals surface area contributed by atoms with Crippen molar-refractivity contribution in [2.45, 2.75) is 52.4 Å². The molecule has 2 aliphatic carbocycles. The Hall–Kier alpha value is -1.12. The van der Waals surface area contributed by atoms with Crippen molar-refractivity contribution in [3.8, 4) is 0 Å². The molecule has 0 bridgehead atoms. The Balaban J connectivity index is 2.20. The van der Waals surface area contributed by atoms with Gasteiger partial charge in [-0.05, 0) is 38.0 Å². The normalized spacial score (nSPS) is 32.2. The first-order valence-electron chi connectivity index (χ1n) is 6.75. The van der Waals surface area contributed by atoms with Gasteiger partial charge in [-0.2, -0.15) is 0 Å². The molecule has 0 aromatic rings. The summed E-state index contributed by atoms with van der Waals surface area (Å²) in [6.45, 7) is 4.38. The predicted molar refractivity (Wildman–Crippen MR) is 69.0 cm³/mol. The van der Waals surface area contributed by atoms with E-state index in [0.29, 0.717) is 6.42 Å². The molecule has 1 fully saturated rings. The molecule has 0 N–H and O–H groups in total. The van der Waals surface area contributed by atoms with E-state index in [2.05, 4.69) is 18.6 Å². The lowest BCUT2D eigenvalue weighted by molar-refractivity contribution is -0.144. The molecule has 0 aliphatic heterocycles. The quantitative estimate of drug-likeness (QED) is 0.559. The number of ether oxygens (including phenoxy) is 1. The van der Waals surface area contributed by atoms with Gasteiger partial charge in [0.1, 0.15) is 5.78 Å². The van der Waals surface area contributed by atoms with Crippen LogP contribution in [0.25, 0.3) is 0 Å². The predicted octanol–water partition coefficient (Wildman–Crippen LogP) is 3.04. The van der Waals surface area contributed by atoms with Crippen LogP contribution in [0.1, 0.15) is 52.4 Å². The SMILES string of the molecule is COC(=O)C[C@@H]1CC2=C(C)CCC[C@@]2(C)CC1=O. The Morgan fingerprint density at radius 1 is 1.50 bits per heavy atom. The topological polar surface area (TPSA) is 43.4 Å². The molecule has 0 heterocycles. The summed E-state index contributed by atoms with van der Waals surface area (Å²) in [7, 11) is 1.38. The molecule has 3 heteroatoms. The highest BCUT2D eigenvalue weighted by Gasteiger charge is 2.42. The molecule has 3 nitrogen and oxygen atoms in total. The summed E-state index contributed by atoms with van der Waals surface area (Å²) in [5.41, 5.74) is 2.93. The van der Waals surface area contributed by atoms with Crippen molar-refractivity contribution in [3.63, 3.8) is 0 Å². The van der Waals surface area contributed by atoms with E-state index < -0.39 is 0 Å². The summed E-state index contributed by atoms with van der Waals surface area (Å²) in [6, 6.07) is 0. The highest BCUT2D eigenvalue weighted by molar-refractivity contribution is 5.87. The summed E-state index contributed by atoms with van der Waals surface area (Å²) in [5.74, 6) is -0.194. The summed E-state index contributed by atoms with van der Waals surface area (Å²) in [6.07, 6.45) is 5.03. The molecule has 2 rings (SSSR count). The van der Waals surface area contributed by atoms with Gasteiger partial charge in [0.25, 0.3) is 0 Å². The zero-order valence-electron chi connectivity index (χ0n) is 11.5. The average Bonchev–Trinajstić information content (AvgIpc) is 2.31. The highest BCUT2D eigenvalue weighted by Crippen LogP contribution is 2.50. The van der Waals surface area contributed by atoms with Crippen molar-refractivity contribution in [2.75, 3.05) is 7.11 Å². The van der Waals surface area contributed by atoms with Gasteiger partial charge in [0.05, 0.1) is 13.5 Å². The van der Waals surface area contributed by atoms with Gasteiger partial charge in [-0.15, -0.1) is 0 Å². The van der Waals surface area contributed by atoms with Gasteiger partial charge in [0.2, 0.25) is 0 Å². The van der Waals surface area contributed by atoms with E-state index >= 15 is 0 Å². The Labute approximate surface area is 109 Å². The van der Waals surface area contributed by atoms with Gasteiger partial charge >= 0.3 is 5.97 Å². The number of ketones is 1. The second-order valence-corrected chi connectivity index (χ2v) is 6.00. The minimum atomic E-state index is -0.272. The largest absolute Gasteiger partial charge is 0.469 e. The Morgan fingerprint density at radius 3 is 2.89 bits per heavy atom. The van der Waals surface area contributed by atoms with E-state index in [1.807, 2.05) is 0 Å². The van der Waals surface area contributed by atoms with E-state index in [1.54, 1.807) is 0 Å². The van der Waals surface area contributed by atoms with Crippen LogP contribution in [0.5, 0.6) is 0 Å². The Bertz CT molecular complexity index is 408. The van der Waals surface area contributed by atoms with E-state index in [4.69, 9.17) is 0 Å². The van der Waals surface area contributed by atoms with Crippen molar-refractivity contribution in [1.29, 1.82) is 0 Å². The molecule has 0 saturated heterocycles. The minimum Gasteiger partial charge on any atom is -0.469 e. The number of Topliss-reactive ketones (excluding diaryl/α,β-unsaturated/α-hetero) is 1. The van der Waals surface area contributed by atoms with Crippen LogP contribution >= 0.6 is 0 Å². The van der Waals surface area contributed by atoms with Gasteiger partial charge in [-0.25, -0.2) is 0 Å². The number of carbonyl (C=O) groups excluding carboxylic acids is 2. The first kappa shape index (κ1) is 13.3. The van der Waals surface area contributed by atoms with Crippen LogP contribution in [0.4, 0.5) is 0 Å². The number of hydrogen-bond donors (Lipinski definition) is 0. The van der Waals surface area contributed by atoms with Crippen LogP contribution in [-0.4, -0.2) is 18.9 Å². The van der Waals surface area contributed by atoms with Crippen molar-refractivity contribution in [1.82, 2.24) is 0 Å². The Morgan fingerprint density at radius 2 is 2.22 bits per heavy atom. The third-order valence-corrected chi connectivity index (χ3v) is 4.64. The molecular weight excluding hydrogens is 228 g/mol. The second kappa shape index (κ2) is 4.87. The van der Waals surface area contributed by atoms with Crippen LogP contribution in [0.15, 0.2) is 11.1 Å². The number of hydrogen-bond acceptors (Lipinski definition) is 3. The van der Waals surface area contributed by atoms with E-state index in [0.717, 1.165) is 19.3 Å². The molecule has 0 aromatic carbocycles. The van der Waals surface area contributed by atoms with Crippen molar-refractivity contribution < 1.29 is 14.3 Å². The molecular formula is C15H22O3. The van der Waals surface area contributed by atoms with Gasteiger partial charge < -0.3 is 4.74 Å². The third kappa shape index (κ3) is 2.36. The maximum atomic E-state index is 12.2. The highest BCUT2D eigenvalue weighted by atomic mass is 16.5. The summed E-state index contributed by atoms with van der Waals surface area (Å²) >= 11 is 0. The minimum absolute atomic E-state index is 0.0615. The lowest BCUT2D eigenvalue weighted by Gasteiger charge is -2.43. The molecule has 1 saturated carbocycles. The lowest BCUT2D eigenvalue weighted by atomic mass is 9.61. The van der Waals surface area contributed by atoms with Gasteiger partial charge in [-0.1, -0.05) is 18.1 Å². The van der Waals surface area contributed by atoms with Crippen LogP contribution < -0.4 is 0 Å². The van der Waals surface area contributed by atoms with Crippen LogP contribution in [-0.2, 0) is 14.3 Å². The average molecular weight is 250 g/mol. The fourth-order valence-corrected chi connectivity index (χ4v) is 3.54. The smallest absolute Gasteiger partial charge is 0.306 e. The van der Waals surface area contributed by atoms with E-state index in [1.165, 1.54) is 24.7 Å². The first-order valence-corrected chi connectivity index (χ1v) is 6.75. The Kier molecular flexibility index (Phi) is 3.60. The standard InChI is InChI=1S/C15H22O3/c1-10-5-4-6-15(2)9-13(16)11(7-12(10)15)8-14(17)18-3/h11H,4-9H2,1-3H3/t11-,15-/m0/s1.